The summed E-state index contributed by atoms with van der Waals surface area (Å²) in [6.45, 7) is 0. The molecule has 4 aromatic carbocycles. The van der Waals surface area contributed by atoms with E-state index in [0.717, 1.165) is 14.3 Å². The Morgan fingerprint density at radius 1 is 0.625 bits per heavy atom. The molecule has 0 radical (unpaired) electrons. The number of hydrogen-bond donors (Lipinski definition) is 0. The van der Waals surface area contributed by atoms with Gasteiger partial charge in [0, 0.05) is 14.3 Å². The molecule has 0 heterocycles. The fraction of sp³-hybridized carbons (Fsp3) is 0. The van der Waals surface area contributed by atoms with E-state index in [1.54, 1.807) is 0 Å². The van der Waals surface area contributed by atoms with Crippen LogP contribution in [0.2, 0.25) is 0 Å². The Kier molecular flexibility index (Phi) is 8.78. The van der Waals surface area contributed by atoms with Gasteiger partial charge in [0.1, 0.15) is 5.75 Å². The Bertz CT molecular complexity index is 1180. The molecule has 0 bridgehead atoms. The van der Waals surface area contributed by atoms with Crippen molar-refractivity contribution in [2.24, 2.45) is 0 Å². The second-order valence-corrected chi connectivity index (χ2v) is 13.1. The molecular formula is C25H15I4O2S+. The summed E-state index contributed by atoms with van der Waals surface area (Å²) in [5.41, 5.74) is 0.625. The van der Waals surface area contributed by atoms with Crippen LogP contribution in [0.5, 0.6) is 5.75 Å². The SMILES string of the molecule is O=C(Oc1ccc([S+](c2ccccc2)c2ccccc2)cc1)c1c(I)c(I)cc(I)c1I. The monoisotopic (exact) mass is 887 g/mol. The van der Waals surface area contributed by atoms with Gasteiger partial charge in [-0.3, -0.25) is 0 Å². The first kappa shape index (κ1) is 24.7. The summed E-state index contributed by atoms with van der Waals surface area (Å²) >= 11 is 8.95. The van der Waals surface area contributed by atoms with Gasteiger partial charge in [0.05, 0.1) is 16.5 Å². The molecule has 0 unspecified atom stereocenters. The van der Waals surface area contributed by atoms with Crippen LogP contribution in [0.3, 0.4) is 0 Å². The first-order valence-corrected chi connectivity index (χ1v) is 15.0. The van der Waals surface area contributed by atoms with Gasteiger partial charge in [-0.15, -0.1) is 0 Å². The van der Waals surface area contributed by atoms with E-state index in [1.165, 1.54) is 14.7 Å². The molecule has 0 fully saturated rings. The molecule has 0 saturated heterocycles. The van der Waals surface area contributed by atoms with Crippen molar-refractivity contribution in [3.63, 3.8) is 0 Å². The molecule has 0 aliphatic carbocycles. The summed E-state index contributed by atoms with van der Waals surface area (Å²) in [5.74, 6) is 0.219. The van der Waals surface area contributed by atoms with Gasteiger partial charge < -0.3 is 4.74 Å². The molecule has 4 aromatic rings. The van der Waals surface area contributed by atoms with Crippen molar-refractivity contribution in [2.45, 2.75) is 14.7 Å². The summed E-state index contributed by atoms with van der Waals surface area (Å²) in [4.78, 5) is 16.7. The second-order valence-electron chi connectivity index (χ2n) is 6.64. The molecule has 0 atom stereocenters. The van der Waals surface area contributed by atoms with Crippen LogP contribution in [0.4, 0.5) is 0 Å². The summed E-state index contributed by atoms with van der Waals surface area (Å²) in [7, 11) is -0.230. The van der Waals surface area contributed by atoms with Crippen LogP contribution in [0.15, 0.2) is 106 Å². The molecule has 160 valence electrons. The van der Waals surface area contributed by atoms with E-state index in [4.69, 9.17) is 4.74 Å². The highest BCUT2D eigenvalue weighted by Gasteiger charge is 2.28. The van der Waals surface area contributed by atoms with Gasteiger partial charge in [0.2, 0.25) is 0 Å². The van der Waals surface area contributed by atoms with Crippen molar-refractivity contribution in [1.29, 1.82) is 0 Å². The smallest absolute Gasteiger partial charge is 0.345 e. The van der Waals surface area contributed by atoms with Gasteiger partial charge >= 0.3 is 5.97 Å². The van der Waals surface area contributed by atoms with E-state index in [1.807, 2.05) is 24.3 Å². The Morgan fingerprint density at radius 3 is 1.53 bits per heavy atom. The lowest BCUT2D eigenvalue weighted by Crippen LogP contribution is -2.14. The maximum Gasteiger partial charge on any atom is 0.345 e. The van der Waals surface area contributed by atoms with Gasteiger partial charge in [-0.05, 0) is 145 Å². The predicted molar refractivity (Wildman–Crippen MR) is 164 cm³/mol. The molecular weight excluding hydrogens is 872 g/mol. The molecule has 0 aliphatic rings. The summed E-state index contributed by atoms with van der Waals surface area (Å²) in [5, 5.41) is 0. The van der Waals surface area contributed by atoms with E-state index < -0.39 is 0 Å². The van der Waals surface area contributed by atoms with Crippen molar-refractivity contribution >= 4 is 107 Å². The van der Waals surface area contributed by atoms with Crippen LogP contribution in [0.25, 0.3) is 0 Å². The van der Waals surface area contributed by atoms with Gasteiger partial charge in [-0.1, -0.05) is 36.4 Å². The number of carbonyl (C=O) groups is 1. The summed E-state index contributed by atoms with van der Waals surface area (Å²) in [6.07, 6.45) is 0. The first-order valence-electron chi connectivity index (χ1n) is 9.45. The van der Waals surface area contributed by atoms with Crippen LogP contribution >= 0.6 is 90.4 Å². The quantitative estimate of drug-likeness (QED) is 0.0662. The molecule has 32 heavy (non-hydrogen) atoms. The molecule has 0 N–H and O–H groups in total. The zero-order valence-corrected chi connectivity index (χ0v) is 25.8. The first-order chi connectivity index (χ1) is 15.5. The van der Waals surface area contributed by atoms with Crippen molar-refractivity contribution in [1.82, 2.24) is 0 Å². The number of carbonyl (C=O) groups excluding carboxylic acids is 1. The highest BCUT2D eigenvalue weighted by atomic mass is 127. The van der Waals surface area contributed by atoms with Crippen LogP contribution in [-0.2, 0) is 10.9 Å². The van der Waals surface area contributed by atoms with Crippen molar-refractivity contribution in [3.05, 3.63) is 111 Å². The summed E-state index contributed by atoms with van der Waals surface area (Å²) in [6, 6.07) is 30.9. The Hall–Kier alpha value is -0.380. The van der Waals surface area contributed by atoms with E-state index in [2.05, 4.69) is 157 Å². The zero-order valence-electron chi connectivity index (χ0n) is 16.4. The lowest BCUT2D eigenvalue weighted by Gasteiger charge is -2.12. The number of halogens is 4. The molecule has 0 amide bonds. The van der Waals surface area contributed by atoms with Crippen molar-refractivity contribution in [3.8, 4) is 5.75 Å². The van der Waals surface area contributed by atoms with Gasteiger partial charge in [0.25, 0.3) is 0 Å². The Morgan fingerprint density at radius 2 is 1.06 bits per heavy atom. The molecule has 0 aromatic heterocycles. The Balaban J connectivity index is 1.63. The predicted octanol–water partition coefficient (Wildman–Crippen LogP) is 8.42. The molecule has 0 spiro atoms. The minimum atomic E-state index is -0.326. The Labute approximate surface area is 244 Å². The van der Waals surface area contributed by atoms with Crippen LogP contribution < -0.4 is 4.74 Å². The normalized spacial score (nSPS) is 10.9. The second kappa shape index (κ2) is 11.4. The topological polar surface area (TPSA) is 26.3 Å². The minimum Gasteiger partial charge on any atom is -0.423 e. The lowest BCUT2D eigenvalue weighted by atomic mass is 10.2. The average Bonchev–Trinajstić information content (AvgIpc) is 2.81. The summed E-state index contributed by atoms with van der Waals surface area (Å²) < 4.78 is 9.70. The number of esters is 1. The van der Waals surface area contributed by atoms with Gasteiger partial charge in [-0.25, -0.2) is 4.79 Å². The molecule has 7 heteroatoms. The standard InChI is InChI=1S/C25H15I4O2S/c26-20-15-21(27)24(29)22(23(20)28)25(30)31-16-11-13-19(14-12-16)32(17-7-3-1-4-8-17)18-9-5-2-6-10-18/h1-15H/q+1. The van der Waals surface area contributed by atoms with Crippen LogP contribution in [0, 0.1) is 14.3 Å². The van der Waals surface area contributed by atoms with E-state index >= 15 is 0 Å². The lowest BCUT2D eigenvalue weighted by molar-refractivity contribution is 0.0732. The fourth-order valence-electron chi connectivity index (χ4n) is 3.08. The van der Waals surface area contributed by atoms with E-state index in [-0.39, 0.29) is 16.9 Å². The third-order valence-electron chi connectivity index (χ3n) is 4.54. The van der Waals surface area contributed by atoms with Crippen LogP contribution in [-0.4, -0.2) is 5.97 Å². The fourth-order valence-corrected chi connectivity index (χ4v) is 8.72. The molecule has 4 rings (SSSR count). The molecule has 0 saturated carbocycles. The van der Waals surface area contributed by atoms with Crippen molar-refractivity contribution < 1.29 is 9.53 Å². The largest absolute Gasteiger partial charge is 0.423 e. The highest BCUT2D eigenvalue weighted by Crippen LogP contribution is 2.33. The average molecular weight is 887 g/mol. The van der Waals surface area contributed by atoms with Crippen LogP contribution in [0.1, 0.15) is 10.4 Å². The number of benzene rings is 4. The third-order valence-corrected chi connectivity index (χ3v) is 12.8. The van der Waals surface area contributed by atoms with E-state index in [9.17, 15) is 4.79 Å². The maximum absolute atomic E-state index is 13.0. The maximum atomic E-state index is 13.0. The van der Waals surface area contributed by atoms with Crippen molar-refractivity contribution in [2.75, 3.05) is 0 Å². The number of rotatable bonds is 5. The molecule has 0 aliphatic heterocycles. The van der Waals surface area contributed by atoms with E-state index in [0.29, 0.717) is 11.3 Å². The number of ether oxygens (including phenoxy) is 1. The highest BCUT2D eigenvalue weighted by molar-refractivity contribution is 14.1. The van der Waals surface area contributed by atoms with Gasteiger partial charge in [0.15, 0.2) is 14.7 Å². The molecule has 2 nitrogen and oxygen atoms in total. The van der Waals surface area contributed by atoms with Gasteiger partial charge in [-0.2, -0.15) is 0 Å². The zero-order chi connectivity index (χ0) is 22.7. The minimum absolute atomic E-state index is 0.230. The number of hydrogen-bond acceptors (Lipinski definition) is 2. The third kappa shape index (κ3) is 5.63.